The molecule has 0 unspecified atom stereocenters. The van der Waals surface area contributed by atoms with E-state index < -0.39 is 11.9 Å². The van der Waals surface area contributed by atoms with Crippen LogP contribution in [0, 0.1) is 6.92 Å². The fourth-order valence-electron chi connectivity index (χ4n) is 1.33. The van der Waals surface area contributed by atoms with Crippen molar-refractivity contribution in [2.75, 3.05) is 0 Å². The van der Waals surface area contributed by atoms with Crippen molar-refractivity contribution >= 4 is 0 Å². The molecule has 0 atom stereocenters. The average molecular weight is 258 g/mol. The molecule has 2 rings (SSSR count). The van der Waals surface area contributed by atoms with E-state index in [9.17, 15) is 13.2 Å². The van der Waals surface area contributed by atoms with E-state index in [0.29, 0.717) is 11.3 Å². The lowest BCUT2D eigenvalue weighted by molar-refractivity contribution is -0.141. The molecule has 0 spiro atoms. The Hall–Kier alpha value is -1.96. The number of hydrogen-bond donors (Lipinski definition) is 1. The Labute approximate surface area is 99.9 Å². The predicted octanol–water partition coefficient (Wildman–Crippen LogP) is 1.48. The predicted molar refractivity (Wildman–Crippen MR) is 54.8 cm³/mol. The van der Waals surface area contributed by atoms with Gasteiger partial charge in [-0.05, 0) is 13.0 Å². The minimum Gasteiger partial charge on any atom is -0.392 e. The van der Waals surface area contributed by atoms with Crippen LogP contribution in [0.5, 0.6) is 0 Å². The van der Waals surface area contributed by atoms with Gasteiger partial charge in [-0.2, -0.15) is 18.3 Å². The third-order valence-corrected chi connectivity index (χ3v) is 2.32. The molecule has 0 fully saturated rings. The monoisotopic (exact) mass is 258 g/mol. The van der Waals surface area contributed by atoms with Crippen molar-refractivity contribution in [2.45, 2.75) is 19.7 Å². The van der Waals surface area contributed by atoms with Gasteiger partial charge >= 0.3 is 6.18 Å². The molecule has 18 heavy (non-hydrogen) atoms. The van der Waals surface area contributed by atoms with Crippen LogP contribution in [-0.4, -0.2) is 24.9 Å². The van der Waals surface area contributed by atoms with E-state index in [-0.39, 0.29) is 12.6 Å². The number of aromatic nitrogens is 4. The molecule has 0 saturated carbocycles. The zero-order valence-electron chi connectivity index (χ0n) is 9.31. The highest BCUT2D eigenvalue weighted by Crippen LogP contribution is 2.27. The molecule has 2 aromatic heterocycles. The number of aryl methyl sites for hydroxylation is 1. The first-order valence-electron chi connectivity index (χ1n) is 4.98. The summed E-state index contributed by atoms with van der Waals surface area (Å²) < 4.78 is 38.0. The molecule has 0 bridgehead atoms. The first kappa shape index (κ1) is 12.5. The maximum atomic E-state index is 12.4. The highest BCUT2D eigenvalue weighted by molar-refractivity contribution is 5.21. The zero-order chi connectivity index (χ0) is 13.3. The summed E-state index contributed by atoms with van der Waals surface area (Å²) in [4.78, 5) is 7.81. The number of aliphatic hydroxyl groups is 1. The second kappa shape index (κ2) is 4.37. The number of aliphatic hydroxyl groups excluding tert-OH is 1. The Morgan fingerprint density at radius 2 is 2.11 bits per heavy atom. The maximum absolute atomic E-state index is 12.4. The molecule has 0 radical (unpaired) electrons. The first-order chi connectivity index (χ1) is 8.41. The zero-order valence-corrected chi connectivity index (χ0v) is 9.31. The van der Waals surface area contributed by atoms with Crippen LogP contribution in [0.25, 0.3) is 5.95 Å². The van der Waals surface area contributed by atoms with Gasteiger partial charge in [-0.1, -0.05) is 0 Å². The largest absolute Gasteiger partial charge is 0.435 e. The van der Waals surface area contributed by atoms with Crippen LogP contribution in [0.2, 0.25) is 0 Å². The summed E-state index contributed by atoms with van der Waals surface area (Å²) in [5.74, 6) is 0.0280. The minimum absolute atomic E-state index is 0.0280. The lowest BCUT2D eigenvalue weighted by Gasteiger charge is -2.04. The number of hydrogen-bond acceptors (Lipinski definition) is 4. The van der Waals surface area contributed by atoms with Crippen LogP contribution in [-0.2, 0) is 12.8 Å². The van der Waals surface area contributed by atoms with E-state index >= 15 is 0 Å². The van der Waals surface area contributed by atoms with Crippen LogP contribution in [0.1, 0.15) is 17.0 Å². The quantitative estimate of drug-likeness (QED) is 0.886. The van der Waals surface area contributed by atoms with Gasteiger partial charge < -0.3 is 5.11 Å². The Balaban J connectivity index is 2.38. The Kier molecular flexibility index (Phi) is 3.04. The van der Waals surface area contributed by atoms with E-state index in [2.05, 4.69) is 15.1 Å². The summed E-state index contributed by atoms with van der Waals surface area (Å²) in [6, 6.07) is 0.846. The second-order valence-electron chi connectivity index (χ2n) is 3.58. The maximum Gasteiger partial charge on any atom is 0.435 e. The van der Waals surface area contributed by atoms with Gasteiger partial charge in [-0.3, -0.25) is 0 Å². The summed E-state index contributed by atoms with van der Waals surface area (Å²) in [6.07, 6.45) is -2.01. The van der Waals surface area contributed by atoms with Crippen LogP contribution < -0.4 is 0 Å². The smallest absolute Gasteiger partial charge is 0.392 e. The van der Waals surface area contributed by atoms with Crippen LogP contribution in [0.3, 0.4) is 0 Å². The summed E-state index contributed by atoms with van der Waals surface area (Å²) >= 11 is 0. The summed E-state index contributed by atoms with van der Waals surface area (Å²) in [5.41, 5.74) is 0.00324. The van der Waals surface area contributed by atoms with Gasteiger partial charge in [0.05, 0.1) is 6.61 Å². The van der Waals surface area contributed by atoms with E-state index in [4.69, 9.17) is 5.11 Å². The van der Waals surface area contributed by atoms with Crippen LogP contribution in [0.4, 0.5) is 13.2 Å². The highest BCUT2D eigenvalue weighted by Gasteiger charge is 2.33. The summed E-state index contributed by atoms with van der Waals surface area (Å²) in [5, 5.41) is 12.3. The number of rotatable bonds is 2. The van der Waals surface area contributed by atoms with Crippen LogP contribution >= 0.6 is 0 Å². The van der Waals surface area contributed by atoms with Crippen molar-refractivity contribution < 1.29 is 18.3 Å². The number of alkyl halides is 3. The number of halogens is 3. The SMILES string of the molecule is Cc1nc(-n2ccc(C(F)(F)F)n2)ncc1CO. The van der Waals surface area contributed by atoms with Crippen molar-refractivity contribution in [3.8, 4) is 5.95 Å². The van der Waals surface area contributed by atoms with E-state index in [1.807, 2.05) is 0 Å². The fraction of sp³-hybridized carbons (Fsp3) is 0.300. The van der Waals surface area contributed by atoms with E-state index in [1.54, 1.807) is 6.92 Å². The third kappa shape index (κ3) is 2.33. The standard InChI is InChI=1S/C10H9F3N4O/c1-6-7(5-18)4-14-9(15-6)17-3-2-8(16-17)10(11,12)13/h2-4,18H,5H2,1H3. The van der Waals surface area contributed by atoms with E-state index in [1.165, 1.54) is 6.20 Å². The van der Waals surface area contributed by atoms with E-state index in [0.717, 1.165) is 16.9 Å². The van der Waals surface area contributed by atoms with Gasteiger partial charge in [0.15, 0.2) is 5.69 Å². The van der Waals surface area contributed by atoms with Gasteiger partial charge in [0.1, 0.15) is 0 Å². The average Bonchev–Trinajstić information content (AvgIpc) is 2.77. The van der Waals surface area contributed by atoms with Gasteiger partial charge in [0.25, 0.3) is 5.95 Å². The lowest BCUT2D eigenvalue weighted by Crippen LogP contribution is -2.09. The fourth-order valence-corrected chi connectivity index (χ4v) is 1.33. The molecular weight excluding hydrogens is 249 g/mol. The molecule has 0 aromatic carbocycles. The first-order valence-corrected chi connectivity index (χ1v) is 4.98. The number of nitrogens with zero attached hydrogens (tertiary/aromatic N) is 4. The molecule has 8 heteroatoms. The van der Waals surface area contributed by atoms with Crippen molar-refractivity contribution in [1.29, 1.82) is 0 Å². The molecule has 0 aliphatic heterocycles. The highest BCUT2D eigenvalue weighted by atomic mass is 19.4. The van der Waals surface area contributed by atoms with Crippen molar-refractivity contribution in [3.05, 3.63) is 35.4 Å². The Morgan fingerprint density at radius 1 is 1.39 bits per heavy atom. The molecule has 96 valence electrons. The van der Waals surface area contributed by atoms with Gasteiger partial charge in [-0.15, -0.1) is 0 Å². The third-order valence-electron chi connectivity index (χ3n) is 2.32. The molecule has 5 nitrogen and oxygen atoms in total. The second-order valence-corrected chi connectivity index (χ2v) is 3.58. The van der Waals surface area contributed by atoms with Crippen molar-refractivity contribution in [1.82, 2.24) is 19.7 Å². The molecule has 2 heterocycles. The Bertz CT molecular complexity index is 564. The summed E-state index contributed by atoms with van der Waals surface area (Å²) in [7, 11) is 0. The van der Waals surface area contributed by atoms with Crippen molar-refractivity contribution in [3.63, 3.8) is 0 Å². The molecule has 0 aliphatic carbocycles. The van der Waals surface area contributed by atoms with Gasteiger partial charge in [-0.25, -0.2) is 14.6 Å². The molecule has 1 N–H and O–H groups in total. The van der Waals surface area contributed by atoms with Gasteiger partial charge in [0, 0.05) is 23.7 Å². The van der Waals surface area contributed by atoms with Crippen LogP contribution in [0.15, 0.2) is 18.5 Å². The molecule has 0 aliphatic rings. The van der Waals surface area contributed by atoms with Crippen molar-refractivity contribution in [2.24, 2.45) is 0 Å². The molecular formula is C10H9F3N4O. The van der Waals surface area contributed by atoms with Gasteiger partial charge in [0.2, 0.25) is 0 Å². The molecule has 2 aromatic rings. The molecule has 0 amide bonds. The topological polar surface area (TPSA) is 63.8 Å². The summed E-state index contributed by atoms with van der Waals surface area (Å²) in [6.45, 7) is 1.41. The Morgan fingerprint density at radius 3 is 2.61 bits per heavy atom. The lowest BCUT2D eigenvalue weighted by atomic mass is 10.3. The molecule has 0 saturated heterocycles. The minimum atomic E-state index is -4.49. The normalized spacial score (nSPS) is 11.8.